The van der Waals surface area contributed by atoms with E-state index in [4.69, 9.17) is 5.26 Å². The molecule has 1 aromatic rings. The molecule has 160 valence electrons. The Morgan fingerprint density at radius 3 is 2.59 bits per heavy atom. The van der Waals surface area contributed by atoms with Gasteiger partial charge >= 0.3 is 0 Å². The molecule has 7 nitrogen and oxygen atoms in total. The van der Waals surface area contributed by atoms with Crippen molar-refractivity contribution < 1.29 is 9.59 Å². The van der Waals surface area contributed by atoms with Crippen LogP contribution >= 0.6 is 24.8 Å². The maximum absolute atomic E-state index is 12.3. The number of carbonyl (C=O) groups excluding carboxylic acids is 2. The molecule has 1 aliphatic carbocycles. The van der Waals surface area contributed by atoms with Crippen LogP contribution in [-0.2, 0) is 16.1 Å². The van der Waals surface area contributed by atoms with Gasteiger partial charge in [-0.15, -0.1) is 24.8 Å². The van der Waals surface area contributed by atoms with E-state index in [2.05, 4.69) is 21.7 Å². The van der Waals surface area contributed by atoms with Crippen molar-refractivity contribution in [3.8, 4) is 6.07 Å². The number of amides is 2. The fraction of sp³-hybridized carbons (Fsp3) is 0.600. The van der Waals surface area contributed by atoms with Crippen molar-refractivity contribution in [3.05, 3.63) is 30.1 Å². The second-order valence-corrected chi connectivity index (χ2v) is 7.34. The van der Waals surface area contributed by atoms with Gasteiger partial charge < -0.3 is 15.5 Å². The zero-order chi connectivity index (χ0) is 19.1. The highest BCUT2D eigenvalue weighted by atomic mass is 35.5. The van der Waals surface area contributed by atoms with Gasteiger partial charge in [0.2, 0.25) is 11.8 Å². The van der Waals surface area contributed by atoms with Crippen molar-refractivity contribution in [1.82, 2.24) is 20.5 Å². The fourth-order valence-corrected chi connectivity index (χ4v) is 3.92. The molecule has 1 saturated carbocycles. The Morgan fingerprint density at radius 2 is 1.93 bits per heavy atom. The maximum atomic E-state index is 12.3. The second-order valence-electron chi connectivity index (χ2n) is 7.34. The first kappa shape index (κ1) is 25.2. The Morgan fingerprint density at radius 1 is 1.17 bits per heavy atom. The molecule has 0 spiro atoms. The van der Waals surface area contributed by atoms with E-state index in [0.29, 0.717) is 13.1 Å². The van der Waals surface area contributed by atoms with Crippen LogP contribution in [0.2, 0.25) is 0 Å². The highest BCUT2D eigenvalue weighted by molar-refractivity contribution is 5.85. The lowest BCUT2D eigenvalue weighted by atomic mass is 9.85. The molecule has 1 aromatic heterocycles. The summed E-state index contributed by atoms with van der Waals surface area (Å²) in [6, 6.07) is 7.86. The summed E-state index contributed by atoms with van der Waals surface area (Å²) in [5, 5.41) is 15.4. The Labute approximate surface area is 184 Å². The molecule has 0 unspecified atom stereocenters. The first-order valence-corrected chi connectivity index (χ1v) is 9.77. The van der Waals surface area contributed by atoms with Gasteiger partial charge in [0.15, 0.2) is 0 Å². The normalized spacial score (nSPS) is 23.3. The highest BCUT2D eigenvalue weighted by Crippen LogP contribution is 2.24. The number of pyridine rings is 1. The van der Waals surface area contributed by atoms with Gasteiger partial charge in [0.1, 0.15) is 6.04 Å². The topological polar surface area (TPSA) is 98.1 Å². The predicted molar refractivity (Wildman–Crippen MR) is 115 cm³/mol. The molecule has 2 heterocycles. The second kappa shape index (κ2) is 12.6. The van der Waals surface area contributed by atoms with Gasteiger partial charge in [0.25, 0.3) is 0 Å². The summed E-state index contributed by atoms with van der Waals surface area (Å²) < 4.78 is 0. The molecule has 2 N–H and O–H groups in total. The van der Waals surface area contributed by atoms with E-state index >= 15 is 0 Å². The van der Waals surface area contributed by atoms with Gasteiger partial charge in [-0.3, -0.25) is 14.6 Å². The van der Waals surface area contributed by atoms with E-state index < -0.39 is 0 Å². The Balaban J connectivity index is 0.00000210. The van der Waals surface area contributed by atoms with Crippen LogP contribution in [0.4, 0.5) is 0 Å². The summed E-state index contributed by atoms with van der Waals surface area (Å²) in [5.74, 6) is 0.127. The van der Waals surface area contributed by atoms with Gasteiger partial charge in [-0.05, 0) is 50.7 Å². The van der Waals surface area contributed by atoms with Crippen LogP contribution in [0.5, 0.6) is 0 Å². The molecule has 3 rings (SSSR count). The lowest BCUT2D eigenvalue weighted by Gasteiger charge is -2.29. The number of hydrogen-bond acceptors (Lipinski definition) is 5. The molecular weight excluding hydrogens is 413 g/mol. The molecule has 0 radical (unpaired) electrons. The molecule has 2 fully saturated rings. The van der Waals surface area contributed by atoms with Gasteiger partial charge in [-0.1, -0.05) is 6.07 Å². The van der Waals surface area contributed by atoms with Crippen LogP contribution in [0.3, 0.4) is 0 Å². The molecule has 1 atom stereocenters. The number of aromatic nitrogens is 1. The lowest BCUT2D eigenvalue weighted by molar-refractivity contribution is -0.130. The first-order valence-electron chi connectivity index (χ1n) is 9.77. The number of nitrogens with one attached hydrogen (secondary N) is 2. The first-order chi connectivity index (χ1) is 13.2. The molecule has 0 aromatic carbocycles. The number of hydrogen-bond donors (Lipinski definition) is 2. The van der Waals surface area contributed by atoms with E-state index in [1.807, 2.05) is 18.2 Å². The largest absolute Gasteiger partial charge is 0.350 e. The third kappa shape index (κ3) is 7.14. The fourth-order valence-electron chi connectivity index (χ4n) is 3.92. The van der Waals surface area contributed by atoms with Crippen LogP contribution in [0.15, 0.2) is 24.4 Å². The molecular formula is C20H29Cl2N5O2. The Bertz CT molecular complexity index is 690. The zero-order valence-electron chi connectivity index (χ0n) is 16.4. The van der Waals surface area contributed by atoms with Crippen molar-refractivity contribution in [2.24, 2.45) is 5.92 Å². The van der Waals surface area contributed by atoms with E-state index in [0.717, 1.165) is 44.2 Å². The summed E-state index contributed by atoms with van der Waals surface area (Å²) in [4.78, 5) is 30.5. The van der Waals surface area contributed by atoms with E-state index in [1.165, 1.54) is 0 Å². The predicted octanol–water partition coefficient (Wildman–Crippen LogP) is 2.20. The van der Waals surface area contributed by atoms with Gasteiger partial charge in [-0.25, -0.2) is 0 Å². The summed E-state index contributed by atoms with van der Waals surface area (Å²) in [6.45, 7) is 1.42. The van der Waals surface area contributed by atoms with Gasteiger partial charge in [-0.2, -0.15) is 5.26 Å². The van der Waals surface area contributed by atoms with E-state index in [-0.39, 0.29) is 61.2 Å². The SMILES string of the molecule is Cl.Cl.N#C[C@@H]1CCCN1C(=O)CNC1CCC(C(=O)NCc2ccccn2)CC1. The Hall–Kier alpha value is -1.88. The number of likely N-dealkylation sites (tertiary alicyclic amines) is 1. The van der Waals surface area contributed by atoms with Crippen molar-refractivity contribution in [1.29, 1.82) is 5.26 Å². The van der Waals surface area contributed by atoms with E-state index in [9.17, 15) is 9.59 Å². The molecule has 0 bridgehead atoms. The summed E-state index contributed by atoms with van der Waals surface area (Å²) >= 11 is 0. The van der Waals surface area contributed by atoms with Gasteiger partial charge in [0.05, 0.1) is 24.9 Å². The quantitative estimate of drug-likeness (QED) is 0.704. The van der Waals surface area contributed by atoms with Gasteiger partial charge in [0, 0.05) is 24.7 Å². The maximum Gasteiger partial charge on any atom is 0.237 e. The van der Waals surface area contributed by atoms with Crippen molar-refractivity contribution in [2.75, 3.05) is 13.1 Å². The minimum atomic E-state index is -0.266. The number of carbonyl (C=O) groups is 2. The van der Waals surface area contributed by atoms with E-state index in [1.54, 1.807) is 11.1 Å². The number of nitriles is 1. The molecule has 2 amide bonds. The number of halogens is 2. The van der Waals surface area contributed by atoms with Crippen LogP contribution in [-0.4, -0.2) is 46.9 Å². The summed E-state index contributed by atoms with van der Waals surface area (Å²) in [6.07, 6.45) is 6.83. The molecule has 1 saturated heterocycles. The van der Waals surface area contributed by atoms with Crippen molar-refractivity contribution in [2.45, 2.75) is 57.2 Å². The number of rotatable bonds is 6. The lowest BCUT2D eigenvalue weighted by Crippen LogP contribution is -2.45. The monoisotopic (exact) mass is 441 g/mol. The smallest absolute Gasteiger partial charge is 0.237 e. The standard InChI is InChI=1S/C20H27N5O2.2ClH/c21-12-18-5-3-11-25(18)19(26)14-23-16-8-6-15(7-9-16)20(27)24-13-17-4-1-2-10-22-17;;/h1-2,4,10,15-16,18,23H,3,5-9,11,13-14H2,(H,24,27);2*1H/t15?,16?,18-;;/m0../s1. The minimum absolute atomic E-state index is 0. The number of nitrogens with zero attached hydrogens (tertiary/aromatic N) is 3. The molecule has 29 heavy (non-hydrogen) atoms. The molecule has 2 aliphatic rings. The van der Waals surface area contributed by atoms with Crippen LogP contribution in [0.1, 0.15) is 44.2 Å². The molecule has 9 heteroatoms. The van der Waals surface area contributed by atoms with Crippen molar-refractivity contribution >= 4 is 36.6 Å². The third-order valence-corrected chi connectivity index (χ3v) is 5.53. The summed E-state index contributed by atoms with van der Waals surface area (Å²) in [7, 11) is 0. The third-order valence-electron chi connectivity index (χ3n) is 5.53. The average molecular weight is 442 g/mol. The molecule has 1 aliphatic heterocycles. The van der Waals surface area contributed by atoms with Crippen molar-refractivity contribution in [3.63, 3.8) is 0 Å². The average Bonchev–Trinajstić information content (AvgIpc) is 3.20. The van der Waals surface area contributed by atoms with Crippen LogP contribution < -0.4 is 10.6 Å². The van der Waals surface area contributed by atoms with Crippen LogP contribution in [0.25, 0.3) is 0 Å². The highest BCUT2D eigenvalue weighted by Gasteiger charge is 2.30. The zero-order valence-corrected chi connectivity index (χ0v) is 18.0. The summed E-state index contributed by atoms with van der Waals surface area (Å²) in [5.41, 5.74) is 0.859. The Kier molecular flexibility index (Phi) is 11.0. The van der Waals surface area contributed by atoms with Crippen LogP contribution in [0, 0.1) is 17.2 Å². The minimum Gasteiger partial charge on any atom is -0.350 e.